The maximum absolute atomic E-state index is 12.4. The minimum absolute atomic E-state index is 0.169. The summed E-state index contributed by atoms with van der Waals surface area (Å²) >= 11 is 0. The van der Waals surface area contributed by atoms with Crippen LogP contribution in [-0.2, 0) is 9.53 Å². The molecule has 29 heavy (non-hydrogen) atoms. The largest absolute Gasteiger partial charge is 0.497 e. The summed E-state index contributed by atoms with van der Waals surface area (Å²) in [5.41, 5.74) is 0.906. The molecule has 1 atom stereocenters. The second kappa shape index (κ2) is 10.2. The third-order valence-corrected chi connectivity index (χ3v) is 4.24. The van der Waals surface area contributed by atoms with Crippen LogP contribution in [0, 0.1) is 0 Å². The highest BCUT2D eigenvalue weighted by atomic mass is 16.5. The lowest BCUT2D eigenvalue weighted by Gasteiger charge is -2.18. The van der Waals surface area contributed by atoms with Crippen molar-refractivity contribution in [1.82, 2.24) is 5.32 Å². The molecule has 0 unspecified atom stereocenters. The molecule has 0 saturated heterocycles. The van der Waals surface area contributed by atoms with Crippen molar-refractivity contribution in [1.29, 1.82) is 0 Å². The van der Waals surface area contributed by atoms with Crippen molar-refractivity contribution in [2.24, 2.45) is 0 Å². The zero-order chi connectivity index (χ0) is 21.4. The summed E-state index contributed by atoms with van der Waals surface area (Å²) in [6, 6.07) is 9.73. The predicted octanol–water partition coefficient (Wildman–Crippen LogP) is 2.76. The maximum atomic E-state index is 12.4. The van der Waals surface area contributed by atoms with E-state index in [4.69, 9.17) is 23.7 Å². The Morgan fingerprint density at radius 2 is 1.66 bits per heavy atom. The number of hydrogen-bond donors (Lipinski definition) is 1. The van der Waals surface area contributed by atoms with Crippen LogP contribution in [0.2, 0.25) is 0 Å². The standard InChI is InChI=1S/C21H25NO7/c1-13(16-11-14(25-2)9-10-17(16)26-3)22-19(23)12-29-21(24)15-7-6-8-18(27-4)20(15)28-5/h6-11,13H,12H2,1-5H3,(H,22,23)/t13-/m0/s1. The molecule has 2 aromatic rings. The van der Waals surface area contributed by atoms with Gasteiger partial charge >= 0.3 is 5.97 Å². The second-order valence-electron chi connectivity index (χ2n) is 6.01. The molecule has 156 valence electrons. The fraction of sp³-hybridized carbons (Fsp3) is 0.333. The first-order valence-corrected chi connectivity index (χ1v) is 8.84. The van der Waals surface area contributed by atoms with Crippen LogP contribution in [0.25, 0.3) is 0 Å². The number of rotatable bonds is 9. The molecule has 0 radical (unpaired) electrons. The van der Waals surface area contributed by atoms with Crippen LogP contribution in [0.15, 0.2) is 36.4 Å². The lowest BCUT2D eigenvalue weighted by molar-refractivity contribution is -0.124. The third kappa shape index (κ3) is 5.31. The van der Waals surface area contributed by atoms with Crippen LogP contribution in [0.5, 0.6) is 23.0 Å². The number of ether oxygens (including phenoxy) is 5. The van der Waals surface area contributed by atoms with Crippen LogP contribution in [0.1, 0.15) is 28.9 Å². The molecule has 2 rings (SSSR count). The van der Waals surface area contributed by atoms with Crippen molar-refractivity contribution in [3.8, 4) is 23.0 Å². The van der Waals surface area contributed by atoms with Crippen LogP contribution in [-0.4, -0.2) is 46.9 Å². The highest BCUT2D eigenvalue weighted by Crippen LogP contribution is 2.31. The van der Waals surface area contributed by atoms with Crippen LogP contribution in [0.3, 0.4) is 0 Å². The number of esters is 1. The van der Waals surface area contributed by atoms with E-state index < -0.39 is 24.5 Å². The van der Waals surface area contributed by atoms with Gasteiger partial charge in [-0.05, 0) is 37.3 Å². The van der Waals surface area contributed by atoms with Gasteiger partial charge in [-0.25, -0.2) is 4.79 Å². The molecule has 0 fully saturated rings. The van der Waals surface area contributed by atoms with E-state index in [2.05, 4.69) is 5.32 Å². The van der Waals surface area contributed by atoms with E-state index in [-0.39, 0.29) is 11.3 Å². The number of carbonyl (C=O) groups excluding carboxylic acids is 2. The lowest BCUT2D eigenvalue weighted by Crippen LogP contribution is -2.31. The van der Waals surface area contributed by atoms with Gasteiger partial charge in [0.25, 0.3) is 5.91 Å². The van der Waals surface area contributed by atoms with Crippen molar-refractivity contribution in [2.45, 2.75) is 13.0 Å². The fourth-order valence-corrected chi connectivity index (χ4v) is 2.80. The number of hydrogen-bond acceptors (Lipinski definition) is 7. The molecule has 0 aliphatic rings. The molecule has 8 heteroatoms. The number of para-hydroxylation sites is 1. The molecule has 0 aliphatic carbocycles. The van der Waals surface area contributed by atoms with E-state index in [0.29, 0.717) is 17.2 Å². The summed E-state index contributed by atoms with van der Waals surface area (Å²) in [7, 11) is 5.99. The second-order valence-corrected chi connectivity index (χ2v) is 6.01. The Kier molecular flexibility index (Phi) is 7.70. The van der Waals surface area contributed by atoms with Gasteiger partial charge in [0, 0.05) is 5.56 Å². The third-order valence-electron chi connectivity index (χ3n) is 4.24. The number of amides is 1. The van der Waals surface area contributed by atoms with Gasteiger partial charge < -0.3 is 29.0 Å². The summed E-state index contributed by atoms with van der Waals surface area (Å²) in [6.07, 6.45) is 0. The molecule has 8 nitrogen and oxygen atoms in total. The van der Waals surface area contributed by atoms with Gasteiger partial charge in [-0.1, -0.05) is 6.07 Å². The SMILES string of the molecule is COc1ccc(OC)c([C@H](C)NC(=O)COC(=O)c2cccc(OC)c2OC)c1. The van der Waals surface area contributed by atoms with Gasteiger partial charge in [0.15, 0.2) is 18.1 Å². The van der Waals surface area contributed by atoms with Crippen LogP contribution < -0.4 is 24.3 Å². The minimum atomic E-state index is -0.692. The first kappa shape index (κ1) is 21.9. The first-order chi connectivity index (χ1) is 13.9. The van der Waals surface area contributed by atoms with Crippen LogP contribution in [0.4, 0.5) is 0 Å². The highest BCUT2D eigenvalue weighted by molar-refractivity contribution is 5.95. The van der Waals surface area contributed by atoms with Crippen molar-refractivity contribution < 1.29 is 33.3 Å². The topological polar surface area (TPSA) is 92.3 Å². The monoisotopic (exact) mass is 403 g/mol. The molecule has 0 spiro atoms. The Labute approximate surface area is 169 Å². The molecular formula is C21H25NO7. The summed E-state index contributed by atoms with van der Waals surface area (Å²) in [5, 5.41) is 2.77. The van der Waals surface area contributed by atoms with Gasteiger partial charge in [0.1, 0.15) is 17.1 Å². The molecule has 0 aromatic heterocycles. The van der Waals surface area contributed by atoms with Gasteiger partial charge in [0.05, 0.1) is 34.5 Å². The Morgan fingerprint density at radius 1 is 0.931 bits per heavy atom. The minimum Gasteiger partial charge on any atom is -0.497 e. The molecule has 1 amide bonds. The van der Waals surface area contributed by atoms with Crippen molar-refractivity contribution in [3.05, 3.63) is 47.5 Å². The zero-order valence-corrected chi connectivity index (χ0v) is 17.1. The Bertz CT molecular complexity index is 866. The molecular weight excluding hydrogens is 378 g/mol. The van der Waals surface area contributed by atoms with Crippen molar-refractivity contribution in [3.63, 3.8) is 0 Å². The Hall–Kier alpha value is -3.42. The Balaban J connectivity index is 2.03. The summed E-state index contributed by atoms with van der Waals surface area (Å²) < 4.78 is 26.1. The van der Waals surface area contributed by atoms with E-state index in [1.54, 1.807) is 51.5 Å². The van der Waals surface area contributed by atoms with E-state index in [0.717, 1.165) is 5.56 Å². The molecule has 0 heterocycles. The zero-order valence-electron chi connectivity index (χ0n) is 17.1. The molecule has 0 bridgehead atoms. The van der Waals surface area contributed by atoms with E-state index in [1.807, 2.05) is 0 Å². The average Bonchev–Trinajstić information content (AvgIpc) is 2.75. The quantitative estimate of drug-likeness (QED) is 0.644. The number of carbonyl (C=O) groups is 2. The summed E-state index contributed by atoms with van der Waals surface area (Å²) in [4.78, 5) is 24.6. The molecule has 0 aliphatic heterocycles. The fourth-order valence-electron chi connectivity index (χ4n) is 2.80. The summed E-state index contributed by atoms with van der Waals surface area (Å²) in [6.45, 7) is 1.35. The van der Waals surface area contributed by atoms with Gasteiger partial charge in [-0.3, -0.25) is 4.79 Å². The predicted molar refractivity (Wildman–Crippen MR) is 106 cm³/mol. The Morgan fingerprint density at radius 3 is 2.28 bits per heavy atom. The van der Waals surface area contributed by atoms with Crippen molar-refractivity contribution >= 4 is 11.9 Å². The van der Waals surface area contributed by atoms with Gasteiger partial charge in [-0.2, -0.15) is 0 Å². The van der Waals surface area contributed by atoms with Crippen LogP contribution >= 0.6 is 0 Å². The number of benzene rings is 2. The number of nitrogens with one attached hydrogen (secondary N) is 1. The van der Waals surface area contributed by atoms with E-state index >= 15 is 0 Å². The highest BCUT2D eigenvalue weighted by Gasteiger charge is 2.20. The maximum Gasteiger partial charge on any atom is 0.342 e. The van der Waals surface area contributed by atoms with Gasteiger partial charge in [-0.15, -0.1) is 0 Å². The van der Waals surface area contributed by atoms with E-state index in [1.165, 1.54) is 20.3 Å². The lowest BCUT2D eigenvalue weighted by atomic mass is 10.1. The molecule has 1 N–H and O–H groups in total. The van der Waals surface area contributed by atoms with Crippen molar-refractivity contribution in [2.75, 3.05) is 35.0 Å². The number of methoxy groups -OCH3 is 4. The normalized spacial score (nSPS) is 11.2. The average molecular weight is 403 g/mol. The molecule has 0 saturated carbocycles. The van der Waals surface area contributed by atoms with Gasteiger partial charge in [0.2, 0.25) is 0 Å². The molecule has 2 aromatic carbocycles. The van der Waals surface area contributed by atoms with E-state index in [9.17, 15) is 9.59 Å². The smallest absolute Gasteiger partial charge is 0.342 e. The first-order valence-electron chi connectivity index (χ1n) is 8.84. The summed E-state index contributed by atoms with van der Waals surface area (Å²) in [5.74, 6) is 0.732.